The van der Waals surface area contributed by atoms with E-state index in [1.54, 1.807) is 0 Å². The molecule has 0 aromatic carbocycles. The van der Waals surface area contributed by atoms with Crippen molar-refractivity contribution in [3.8, 4) is 0 Å². The SMILES string of the molecule is CCCCCCCCCCCCCCCCCC[n+]1ccc(C)cc1C. The number of hydrogen-bond acceptors (Lipinski definition) is 0. The van der Waals surface area contributed by atoms with Gasteiger partial charge in [-0.3, -0.25) is 0 Å². The third kappa shape index (κ3) is 12.5. The van der Waals surface area contributed by atoms with Crippen LogP contribution in [0, 0.1) is 13.8 Å². The molecule has 0 aliphatic heterocycles. The van der Waals surface area contributed by atoms with E-state index in [1.165, 1.54) is 121 Å². The fourth-order valence-corrected chi connectivity index (χ4v) is 3.87. The summed E-state index contributed by atoms with van der Waals surface area (Å²) in [6, 6.07) is 4.51. The first-order valence-corrected chi connectivity index (χ1v) is 11.7. The highest BCUT2D eigenvalue weighted by molar-refractivity contribution is 5.08. The Hall–Kier alpha value is -0.850. The van der Waals surface area contributed by atoms with E-state index >= 15 is 0 Å². The fourth-order valence-electron chi connectivity index (χ4n) is 3.87. The molecule has 1 rings (SSSR count). The molecule has 0 bridgehead atoms. The quantitative estimate of drug-likeness (QED) is 0.197. The topological polar surface area (TPSA) is 3.88 Å². The molecule has 0 saturated carbocycles. The molecule has 0 N–H and O–H groups in total. The van der Waals surface area contributed by atoms with E-state index in [1.807, 2.05) is 0 Å². The average Bonchev–Trinajstić information content (AvgIpc) is 2.63. The normalized spacial score (nSPS) is 11.2. The van der Waals surface area contributed by atoms with E-state index in [4.69, 9.17) is 0 Å². The lowest BCUT2D eigenvalue weighted by Crippen LogP contribution is -2.36. The summed E-state index contributed by atoms with van der Waals surface area (Å²) in [6.45, 7) is 7.88. The molecule has 26 heavy (non-hydrogen) atoms. The first-order chi connectivity index (χ1) is 12.7. The third-order valence-electron chi connectivity index (χ3n) is 5.66. The highest BCUT2D eigenvalue weighted by Crippen LogP contribution is 2.13. The number of hydrogen-bond donors (Lipinski definition) is 0. The maximum absolute atomic E-state index is 2.40. The standard InChI is InChI=1S/C25H46N/c1-4-5-6-7-8-9-10-11-12-13-14-15-16-17-18-19-21-26-22-20-24(2)23-25(26)3/h20,22-23H,4-19,21H2,1-3H3/q+1. The number of aryl methyl sites for hydroxylation is 3. The van der Waals surface area contributed by atoms with Gasteiger partial charge in [0.15, 0.2) is 11.9 Å². The van der Waals surface area contributed by atoms with E-state index in [0.717, 1.165) is 0 Å². The van der Waals surface area contributed by atoms with Crippen molar-refractivity contribution >= 4 is 0 Å². The van der Waals surface area contributed by atoms with Crippen molar-refractivity contribution in [2.75, 3.05) is 0 Å². The van der Waals surface area contributed by atoms with E-state index in [-0.39, 0.29) is 0 Å². The summed E-state index contributed by atoms with van der Waals surface area (Å²) in [4.78, 5) is 0. The summed E-state index contributed by atoms with van der Waals surface area (Å²) in [5.74, 6) is 0. The molecule has 0 aliphatic rings. The van der Waals surface area contributed by atoms with Crippen LogP contribution in [0.2, 0.25) is 0 Å². The Morgan fingerprint density at radius 3 is 1.46 bits per heavy atom. The van der Waals surface area contributed by atoms with Gasteiger partial charge in [0, 0.05) is 25.5 Å². The number of aromatic nitrogens is 1. The van der Waals surface area contributed by atoms with Crippen molar-refractivity contribution in [3.63, 3.8) is 0 Å². The summed E-state index contributed by atoms with van der Waals surface area (Å²) in [5.41, 5.74) is 2.76. The van der Waals surface area contributed by atoms with Crippen molar-refractivity contribution in [3.05, 3.63) is 29.6 Å². The molecule has 1 nitrogen and oxygen atoms in total. The molecule has 0 unspecified atom stereocenters. The lowest BCUT2D eigenvalue weighted by Gasteiger charge is -2.04. The maximum Gasteiger partial charge on any atom is 0.178 e. The first-order valence-electron chi connectivity index (χ1n) is 11.7. The van der Waals surface area contributed by atoms with E-state index in [2.05, 4.69) is 43.7 Å². The molecule has 0 radical (unpaired) electrons. The summed E-state index contributed by atoms with van der Waals surface area (Å²) in [7, 11) is 0. The maximum atomic E-state index is 2.40. The predicted molar refractivity (Wildman–Crippen MR) is 116 cm³/mol. The van der Waals surface area contributed by atoms with Crippen molar-refractivity contribution in [1.29, 1.82) is 0 Å². The molecule has 1 aromatic rings. The van der Waals surface area contributed by atoms with Crippen LogP contribution in [-0.2, 0) is 6.54 Å². The zero-order valence-electron chi connectivity index (χ0n) is 18.2. The van der Waals surface area contributed by atoms with Gasteiger partial charge in [-0.2, -0.15) is 0 Å². The fraction of sp³-hybridized carbons (Fsp3) is 0.800. The largest absolute Gasteiger partial charge is 0.203 e. The van der Waals surface area contributed by atoms with E-state index in [9.17, 15) is 0 Å². The Kier molecular flexibility index (Phi) is 14.6. The molecule has 150 valence electrons. The minimum atomic E-state index is 1.19. The summed E-state index contributed by atoms with van der Waals surface area (Å²) >= 11 is 0. The average molecular weight is 361 g/mol. The molecule has 0 fully saturated rings. The van der Waals surface area contributed by atoms with Crippen LogP contribution >= 0.6 is 0 Å². The Morgan fingerprint density at radius 1 is 0.615 bits per heavy atom. The zero-order chi connectivity index (χ0) is 18.9. The highest BCUT2D eigenvalue weighted by Gasteiger charge is 2.05. The second kappa shape index (κ2) is 16.3. The molecular formula is C25H46N+. The van der Waals surface area contributed by atoms with Gasteiger partial charge in [0.05, 0.1) is 0 Å². The van der Waals surface area contributed by atoms with Crippen molar-refractivity contribution in [2.24, 2.45) is 0 Å². The second-order valence-corrected chi connectivity index (χ2v) is 8.34. The van der Waals surface area contributed by atoms with Crippen LogP contribution in [0.15, 0.2) is 18.3 Å². The van der Waals surface area contributed by atoms with Gasteiger partial charge in [0.1, 0.15) is 6.54 Å². The monoisotopic (exact) mass is 360 g/mol. The Morgan fingerprint density at radius 2 is 1.04 bits per heavy atom. The van der Waals surface area contributed by atoms with Crippen LogP contribution < -0.4 is 4.57 Å². The van der Waals surface area contributed by atoms with Gasteiger partial charge in [0.25, 0.3) is 0 Å². The van der Waals surface area contributed by atoms with Crippen LogP contribution in [-0.4, -0.2) is 0 Å². The number of unbranched alkanes of at least 4 members (excludes halogenated alkanes) is 15. The predicted octanol–water partition coefficient (Wildman–Crippen LogP) is 7.85. The Balaban J connectivity index is 1.79. The van der Waals surface area contributed by atoms with Crippen LogP contribution in [0.25, 0.3) is 0 Å². The zero-order valence-corrected chi connectivity index (χ0v) is 18.2. The molecule has 0 atom stereocenters. The number of pyridine rings is 1. The number of nitrogens with zero attached hydrogens (tertiary/aromatic N) is 1. The van der Waals surface area contributed by atoms with Gasteiger partial charge in [-0.1, -0.05) is 96.8 Å². The molecule has 0 amide bonds. The van der Waals surface area contributed by atoms with Gasteiger partial charge in [-0.15, -0.1) is 0 Å². The molecule has 0 saturated heterocycles. The molecule has 1 aromatic heterocycles. The van der Waals surface area contributed by atoms with Gasteiger partial charge in [0.2, 0.25) is 0 Å². The van der Waals surface area contributed by atoms with Gasteiger partial charge >= 0.3 is 0 Å². The van der Waals surface area contributed by atoms with Gasteiger partial charge in [-0.25, -0.2) is 4.57 Å². The summed E-state index contributed by atoms with van der Waals surface area (Å²) in [6.07, 6.45) is 25.3. The Bertz CT molecular complexity index is 438. The minimum Gasteiger partial charge on any atom is -0.203 e. The van der Waals surface area contributed by atoms with Crippen LogP contribution in [0.3, 0.4) is 0 Å². The van der Waals surface area contributed by atoms with E-state index < -0.39 is 0 Å². The minimum absolute atomic E-state index is 1.19. The molecule has 1 heterocycles. The highest BCUT2D eigenvalue weighted by atomic mass is 14.9. The van der Waals surface area contributed by atoms with Crippen LogP contribution in [0.1, 0.15) is 121 Å². The molecule has 0 aliphatic carbocycles. The van der Waals surface area contributed by atoms with Gasteiger partial charge in [-0.05, 0) is 18.9 Å². The molecule has 1 heteroatoms. The lowest BCUT2D eigenvalue weighted by molar-refractivity contribution is -0.703. The van der Waals surface area contributed by atoms with Crippen molar-refractivity contribution < 1.29 is 4.57 Å². The second-order valence-electron chi connectivity index (χ2n) is 8.34. The van der Waals surface area contributed by atoms with Crippen molar-refractivity contribution in [1.82, 2.24) is 0 Å². The van der Waals surface area contributed by atoms with Crippen LogP contribution in [0.5, 0.6) is 0 Å². The number of rotatable bonds is 17. The lowest BCUT2D eigenvalue weighted by atomic mass is 10.0. The van der Waals surface area contributed by atoms with Crippen molar-refractivity contribution in [2.45, 2.75) is 130 Å². The van der Waals surface area contributed by atoms with Gasteiger partial charge < -0.3 is 0 Å². The first kappa shape index (κ1) is 23.2. The summed E-state index contributed by atoms with van der Waals surface area (Å²) in [5, 5.41) is 0. The third-order valence-corrected chi connectivity index (χ3v) is 5.66. The molecular weight excluding hydrogens is 314 g/mol. The smallest absolute Gasteiger partial charge is 0.178 e. The summed E-state index contributed by atoms with van der Waals surface area (Å²) < 4.78 is 2.40. The Labute approximate surface area is 164 Å². The molecule has 0 spiro atoms. The van der Waals surface area contributed by atoms with Crippen LogP contribution in [0.4, 0.5) is 0 Å². The van der Waals surface area contributed by atoms with E-state index in [0.29, 0.717) is 0 Å².